The van der Waals surface area contributed by atoms with E-state index in [1.807, 2.05) is 0 Å². The second-order valence-electron chi connectivity index (χ2n) is 3.99. The van der Waals surface area contributed by atoms with Crippen molar-refractivity contribution in [3.63, 3.8) is 0 Å². The van der Waals surface area contributed by atoms with Gasteiger partial charge in [-0.15, -0.1) is 6.42 Å². The first-order valence-corrected chi connectivity index (χ1v) is 6.00. The van der Waals surface area contributed by atoms with Crippen LogP contribution in [-0.2, 0) is 15.8 Å². The van der Waals surface area contributed by atoms with Gasteiger partial charge in [-0.3, -0.25) is 9.59 Å². The van der Waals surface area contributed by atoms with Gasteiger partial charge in [0.15, 0.2) is 0 Å². The lowest BCUT2D eigenvalue weighted by Gasteiger charge is -2.05. The molecule has 0 atom stereocenters. The number of carbonyl (C=O) groups is 2. The van der Waals surface area contributed by atoms with Gasteiger partial charge >= 0.3 is 6.18 Å². The number of benzene rings is 1. The Morgan fingerprint density at radius 2 is 1.77 bits per heavy atom. The van der Waals surface area contributed by atoms with E-state index < -0.39 is 23.6 Å². The third-order valence-electron chi connectivity index (χ3n) is 2.33. The summed E-state index contributed by atoms with van der Waals surface area (Å²) in [6, 6.07) is 4.05. The summed E-state index contributed by atoms with van der Waals surface area (Å²) in [5, 5.41) is 4.56. The van der Waals surface area contributed by atoms with Crippen molar-refractivity contribution < 1.29 is 22.8 Å². The first kappa shape index (κ1) is 17.1. The normalized spacial score (nSPS) is 9.91. The fourth-order valence-electron chi connectivity index (χ4n) is 1.29. The molecule has 0 bridgehead atoms. The average Bonchev–Trinajstić information content (AvgIpc) is 2.48. The Morgan fingerprint density at radius 1 is 1.14 bits per heavy atom. The maximum atomic E-state index is 12.3. The van der Waals surface area contributed by atoms with Crippen molar-refractivity contribution in [3.05, 3.63) is 35.4 Å². The summed E-state index contributed by atoms with van der Waals surface area (Å²) in [6.07, 6.45) is 0.516. The molecule has 0 spiro atoms. The molecule has 0 fully saturated rings. The molecule has 7 heteroatoms. The quantitative estimate of drug-likeness (QED) is 0.816. The van der Waals surface area contributed by atoms with Crippen molar-refractivity contribution in [1.29, 1.82) is 0 Å². The average molecular weight is 308 g/mol. The summed E-state index contributed by atoms with van der Waals surface area (Å²) in [5.41, 5.74) is -0.549. The Bertz CT molecular complexity index is 647. The fourth-order valence-corrected chi connectivity index (χ4v) is 1.29. The van der Waals surface area contributed by atoms with Crippen LogP contribution in [0.3, 0.4) is 0 Å². The molecular weight excluding hydrogens is 297 g/mol. The molecule has 114 valence electrons. The van der Waals surface area contributed by atoms with Crippen molar-refractivity contribution >= 4 is 11.8 Å². The minimum atomic E-state index is -4.42. The minimum absolute atomic E-state index is 0.0476. The first-order valence-electron chi connectivity index (χ1n) is 6.00. The van der Waals surface area contributed by atoms with E-state index >= 15 is 0 Å². The molecule has 2 N–H and O–H groups in total. The summed E-state index contributed by atoms with van der Waals surface area (Å²) in [5.74, 6) is 5.56. The molecule has 0 radical (unpaired) electrons. The third-order valence-corrected chi connectivity index (χ3v) is 2.33. The zero-order chi connectivity index (χ0) is 16.6. The van der Waals surface area contributed by atoms with Crippen LogP contribution in [-0.4, -0.2) is 24.9 Å². The molecular formula is C15H11F3N2O2. The zero-order valence-corrected chi connectivity index (χ0v) is 11.3. The van der Waals surface area contributed by atoms with Crippen LogP contribution in [0, 0.1) is 24.2 Å². The van der Waals surface area contributed by atoms with Crippen molar-refractivity contribution in [2.24, 2.45) is 0 Å². The first-order chi connectivity index (χ1) is 10.3. The maximum absolute atomic E-state index is 12.3. The number of terminal acetylenes is 1. The second-order valence-corrected chi connectivity index (χ2v) is 3.99. The minimum Gasteiger partial charge on any atom is -0.344 e. The lowest BCUT2D eigenvalue weighted by Crippen LogP contribution is -2.36. The van der Waals surface area contributed by atoms with Crippen LogP contribution in [0.1, 0.15) is 11.1 Å². The highest BCUT2D eigenvalue weighted by Gasteiger charge is 2.29. The number of carbonyl (C=O) groups excluding carboxylic acids is 2. The summed E-state index contributed by atoms with van der Waals surface area (Å²) >= 11 is 0. The van der Waals surface area contributed by atoms with Gasteiger partial charge in [0.1, 0.15) is 0 Å². The van der Waals surface area contributed by atoms with Gasteiger partial charge in [0, 0.05) is 11.5 Å². The molecule has 2 amide bonds. The number of hydrogen-bond donors (Lipinski definition) is 2. The molecule has 4 nitrogen and oxygen atoms in total. The van der Waals surface area contributed by atoms with Crippen LogP contribution in [0.15, 0.2) is 24.3 Å². The van der Waals surface area contributed by atoms with Crippen LogP contribution in [0.5, 0.6) is 0 Å². The number of nitrogens with one attached hydrogen (secondary N) is 2. The van der Waals surface area contributed by atoms with E-state index in [1.54, 1.807) is 0 Å². The molecule has 0 heterocycles. The Kier molecular flexibility index (Phi) is 6.03. The van der Waals surface area contributed by atoms with Crippen LogP contribution in [0.25, 0.3) is 0 Å². The molecule has 0 aliphatic rings. The zero-order valence-electron chi connectivity index (χ0n) is 11.3. The van der Waals surface area contributed by atoms with E-state index in [9.17, 15) is 22.8 Å². The molecule has 1 rings (SSSR count). The van der Waals surface area contributed by atoms with Gasteiger partial charge in [-0.05, 0) is 24.3 Å². The Labute approximate surface area is 125 Å². The molecule has 0 aliphatic heterocycles. The Balaban J connectivity index is 2.54. The van der Waals surface area contributed by atoms with Crippen molar-refractivity contribution in [3.8, 4) is 24.2 Å². The number of alkyl halides is 3. The maximum Gasteiger partial charge on any atom is 0.416 e. The summed E-state index contributed by atoms with van der Waals surface area (Å²) in [4.78, 5) is 22.5. The summed E-state index contributed by atoms with van der Waals surface area (Å²) in [6.45, 7) is -0.242. The lowest BCUT2D eigenvalue weighted by atomic mass is 10.1. The SMILES string of the molecule is C#CCNC(=O)CNC(=O)C#Cc1ccc(C(F)(F)F)cc1. The van der Waals surface area contributed by atoms with Gasteiger partial charge in [-0.1, -0.05) is 11.8 Å². The summed E-state index contributed by atoms with van der Waals surface area (Å²) < 4.78 is 37.0. The van der Waals surface area contributed by atoms with E-state index in [2.05, 4.69) is 28.4 Å². The van der Waals surface area contributed by atoms with Crippen LogP contribution < -0.4 is 10.6 Å². The predicted molar refractivity (Wildman–Crippen MR) is 73.2 cm³/mol. The number of rotatable bonds is 3. The van der Waals surface area contributed by atoms with Gasteiger partial charge in [0.25, 0.3) is 5.91 Å². The van der Waals surface area contributed by atoms with Gasteiger partial charge in [0.2, 0.25) is 5.91 Å². The molecule has 22 heavy (non-hydrogen) atoms. The van der Waals surface area contributed by atoms with Crippen LogP contribution in [0.2, 0.25) is 0 Å². The van der Waals surface area contributed by atoms with Crippen LogP contribution >= 0.6 is 0 Å². The van der Waals surface area contributed by atoms with E-state index in [0.29, 0.717) is 0 Å². The highest BCUT2D eigenvalue weighted by molar-refractivity contribution is 5.96. The van der Waals surface area contributed by atoms with E-state index in [1.165, 1.54) is 0 Å². The Morgan fingerprint density at radius 3 is 2.32 bits per heavy atom. The fraction of sp³-hybridized carbons (Fsp3) is 0.200. The van der Waals surface area contributed by atoms with Gasteiger partial charge in [-0.2, -0.15) is 13.2 Å². The highest BCUT2D eigenvalue weighted by Crippen LogP contribution is 2.28. The van der Waals surface area contributed by atoms with Crippen molar-refractivity contribution in [2.75, 3.05) is 13.1 Å². The molecule has 0 aromatic heterocycles. The second kappa shape index (κ2) is 7.75. The molecule has 0 unspecified atom stereocenters. The third kappa shape index (κ3) is 6.02. The monoisotopic (exact) mass is 308 g/mol. The number of halogens is 3. The Hall–Kier alpha value is -2.93. The smallest absolute Gasteiger partial charge is 0.344 e. The topological polar surface area (TPSA) is 58.2 Å². The highest BCUT2D eigenvalue weighted by atomic mass is 19.4. The standard InChI is InChI=1S/C15H11F3N2O2/c1-2-9-19-14(22)10-20-13(21)8-5-11-3-6-12(7-4-11)15(16,17)18/h1,3-4,6-7H,9-10H2,(H,19,22)(H,20,21). The van der Waals surface area contributed by atoms with Crippen molar-refractivity contribution in [2.45, 2.75) is 6.18 Å². The summed E-state index contributed by atoms with van der Waals surface area (Å²) in [7, 11) is 0. The molecule has 0 saturated carbocycles. The van der Waals surface area contributed by atoms with Crippen molar-refractivity contribution in [1.82, 2.24) is 10.6 Å². The number of amides is 2. The van der Waals surface area contributed by atoms with E-state index in [0.717, 1.165) is 24.3 Å². The van der Waals surface area contributed by atoms with E-state index in [-0.39, 0.29) is 18.7 Å². The van der Waals surface area contributed by atoms with Crippen LogP contribution in [0.4, 0.5) is 13.2 Å². The molecule has 1 aromatic rings. The predicted octanol–water partition coefficient (Wildman–Crippen LogP) is 0.923. The van der Waals surface area contributed by atoms with Gasteiger partial charge in [0.05, 0.1) is 18.7 Å². The van der Waals surface area contributed by atoms with E-state index in [4.69, 9.17) is 6.42 Å². The molecule has 0 aliphatic carbocycles. The molecule has 0 saturated heterocycles. The largest absolute Gasteiger partial charge is 0.416 e. The number of hydrogen-bond acceptors (Lipinski definition) is 2. The van der Waals surface area contributed by atoms with Gasteiger partial charge < -0.3 is 10.6 Å². The molecule has 1 aromatic carbocycles. The lowest BCUT2D eigenvalue weighted by molar-refractivity contribution is -0.137. The van der Waals surface area contributed by atoms with Gasteiger partial charge in [-0.25, -0.2) is 0 Å².